The highest BCUT2D eigenvalue weighted by molar-refractivity contribution is 7.16. The monoisotopic (exact) mass is 430 g/mol. The molecule has 2 aromatic rings. The van der Waals surface area contributed by atoms with Gasteiger partial charge < -0.3 is 9.80 Å². The Morgan fingerprint density at radius 3 is 2.63 bits per heavy atom. The molecule has 3 heterocycles. The van der Waals surface area contributed by atoms with Gasteiger partial charge >= 0.3 is 0 Å². The third-order valence-electron chi connectivity index (χ3n) is 5.96. The Morgan fingerprint density at radius 1 is 1.13 bits per heavy atom. The molecule has 0 N–H and O–H groups in total. The van der Waals surface area contributed by atoms with Crippen molar-refractivity contribution in [1.82, 2.24) is 19.7 Å². The number of benzene rings is 1. The fourth-order valence-corrected chi connectivity index (χ4v) is 5.06. The van der Waals surface area contributed by atoms with Gasteiger partial charge in [-0.25, -0.2) is 9.37 Å². The highest BCUT2D eigenvalue weighted by Gasteiger charge is 2.28. The Hall–Kier alpha value is -2.32. The number of hydrogen-bond acceptors (Lipinski definition) is 5. The van der Waals surface area contributed by atoms with Crippen molar-refractivity contribution >= 4 is 23.2 Å². The molecule has 1 atom stereocenters. The fraction of sp³-hybridized carbons (Fsp3) is 0.500. The molecule has 8 heteroatoms. The molecule has 2 aliphatic heterocycles. The lowest BCUT2D eigenvalue weighted by Gasteiger charge is -2.38. The van der Waals surface area contributed by atoms with E-state index in [-0.39, 0.29) is 17.6 Å². The number of likely N-dealkylation sites (tertiary alicyclic amines) is 1. The van der Waals surface area contributed by atoms with E-state index in [1.54, 1.807) is 23.1 Å². The van der Waals surface area contributed by atoms with Gasteiger partial charge in [0.1, 0.15) is 15.7 Å². The van der Waals surface area contributed by atoms with Gasteiger partial charge in [-0.15, -0.1) is 11.3 Å². The van der Waals surface area contributed by atoms with E-state index in [0.717, 1.165) is 19.4 Å². The molecule has 2 fully saturated rings. The molecule has 0 bridgehead atoms. The summed E-state index contributed by atoms with van der Waals surface area (Å²) in [7, 11) is 0. The van der Waals surface area contributed by atoms with Gasteiger partial charge in [-0.05, 0) is 38.3 Å². The zero-order valence-corrected chi connectivity index (χ0v) is 18.0. The van der Waals surface area contributed by atoms with Gasteiger partial charge in [0.2, 0.25) is 5.91 Å². The van der Waals surface area contributed by atoms with Gasteiger partial charge in [0.05, 0.1) is 12.7 Å². The van der Waals surface area contributed by atoms with Crippen LogP contribution in [0.15, 0.2) is 30.5 Å². The third-order valence-corrected chi connectivity index (χ3v) is 6.98. The molecule has 1 unspecified atom stereocenters. The summed E-state index contributed by atoms with van der Waals surface area (Å²) in [5, 5.41) is 0.510. The zero-order valence-electron chi connectivity index (χ0n) is 17.2. The predicted molar refractivity (Wildman–Crippen MR) is 115 cm³/mol. The molecule has 160 valence electrons. The number of amides is 2. The second-order valence-corrected chi connectivity index (χ2v) is 9.04. The van der Waals surface area contributed by atoms with Crippen LogP contribution < -0.4 is 0 Å². The third kappa shape index (κ3) is 4.54. The maximum Gasteiger partial charge on any atom is 0.265 e. The lowest BCUT2D eigenvalue weighted by atomic mass is 10.0. The molecule has 6 nitrogen and oxygen atoms in total. The van der Waals surface area contributed by atoms with Crippen molar-refractivity contribution in [3.05, 3.63) is 41.2 Å². The summed E-state index contributed by atoms with van der Waals surface area (Å²) in [6, 6.07) is 6.77. The Morgan fingerprint density at radius 2 is 1.90 bits per heavy atom. The van der Waals surface area contributed by atoms with Gasteiger partial charge in [0.25, 0.3) is 5.91 Å². The zero-order chi connectivity index (χ0) is 21.1. The van der Waals surface area contributed by atoms with E-state index in [4.69, 9.17) is 0 Å². The molecule has 1 aromatic heterocycles. The smallest absolute Gasteiger partial charge is 0.265 e. The SMILES string of the molecule is CC1CCCCN1C(=O)CN1CCN(C(=O)c2cnc(-c3ccccc3F)s2)CC1. The highest BCUT2D eigenvalue weighted by atomic mass is 32.1. The maximum atomic E-state index is 14.0. The lowest BCUT2D eigenvalue weighted by Crippen LogP contribution is -2.53. The van der Waals surface area contributed by atoms with Gasteiger partial charge in [0.15, 0.2) is 0 Å². The summed E-state index contributed by atoms with van der Waals surface area (Å²) in [6.07, 6.45) is 4.89. The van der Waals surface area contributed by atoms with Crippen LogP contribution in [-0.4, -0.2) is 76.8 Å². The average molecular weight is 431 g/mol. The average Bonchev–Trinajstić information content (AvgIpc) is 3.24. The standard InChI is InChI=1S/C22H27FN4O2S/c1-16-6-4-5-9-27(16)20(28)15-25-10-12-26(13-11-25)22(29)19-14-24-21(30-19)17-7-2-3-8-18(17)23/h2-3,7-8,14,16H,4-6,9-13,15H2,1H3. The first kappa shape index (κ1) is 20.9. The first-order valence-electron chi connectivity index (χ1n) is 10.5. The van der Waals surface area contributed by atoms with Crippen LogP contribution in [0.2, 0.25) is 0 Å². The lowest BCUT2D eigenvalue weighted by molar-refractivity contribution is -0.136. The number of piperazine rings is 1. The van der Waals surface area contributed by atoms with E-state index in [9.17, 15) is 14.0 Å². The molecule has 2 saturated heterocycles. The van der Waals surface area contributed by atoms with Gasteiger partial charge in [-0.1, -0.05) is 12.1 Å². The highest BCUT2D eigenvalue weighted by Crippen LogP contribution is 2.28. The minimum absolute atomic E-state index is 0.0780. The number of nitrogens with zero attached hydrogens (tertiary/aromatic N) is 4. The Bertz CT molecular complexity index is 910. The van der Waals surface area contributed by atoms with Crippen molar-refractivity contribution in [1.29, 1.82) is 0 Å². The normalized spacial score (nSPS) is 20.4. The molecule has 2 aliphatic rings. The van der Waals surface area contributed by atoms with Crippen LogP contribution in [0.3, 0.4) is 0 Å². The molecule has 0 saturated carbocycles. The summed E-state index contributed by atoms with van der Waals surface area (Å²) in [5.41, 5.74) is 0.414. The van der Waals surface area contributed by atoms with Crippen LogP contribution in [-0.2, 0) is 4.79 Å². The second kappa shape index (κ2) is 9.22. The number of hydrogen-bond donors (Lipinski definition) is 0. The van der Waals surface area contributed by atoms with E-state index in [0.29, 0.717) is 54.2 Å². The minimum Gasteiger partial charge on any atom is -0.339 e. The van der Waals surface area contributed by atoms with Crippen LogP contribution in [0.5, 0.6) is 0 Å². The summed E-state index contributed by atoms with van der Waals surface area (Å²) in [6.45, 7) is 5.91. The van der Waals surface area contributed by atoms with Crippen LogP contribution in [0.4, 0.5) is 4.39 Å². The second-order valence-electron chi connectivity index (χ2n) is 8.01. The van der Waals surface area contributed by atoms with Gasteiger partial charge in [0, 0.05) is 44.3 Å². The summed E-state index contributed by atoms with van der Waals surface area (Å²) in [4.78, 5) is 36.2. The van der Waals surface area contributed by atoms with E-state index in [2.05, 4.69) is 16.8 Å². The van der Waals surface area contributed by atoms with Crippen LogP contribution in [0, 0.1) is 5.82 Å². The molecule has 1 aromatic carbocycles. The summed E-state index contributed by atoms with van der Waals surface area (Å²) < 4.78 is 14.0. The summed E-state index contributed by atoms with van der Waals surface area (Å²) >= 11 is 1.22. The number of aromatic nitrogens is 1. The number of carbonyl (C=O) groups excluding carboxylic acids is 2. The number of thiazole rings is 1. The molecular formula is C22H27FN4O2S. The quantitative estimate of drug-likeness (QED) is 0.748. The van der Waals surface area contributed by atoms with Crippen molar-refractivity contribution in [2.24, 2.45) is 0 Å². The van der Waals surface area contributed by atoms with E-state index >= 15 is 0 Å². The van der Waals surface area contributed by atoms with Crippen molar-refractivity contribution < 1.29 is 14.0 Å². The van der Waals surface area contributed by atoms with Gasteiger partial charge in [-0.3, -0.25) is 14.5 Å². The van der Waals surface area contributed by atoms with E-state index in [1.165, 1.54) is 30.0 Å². The van der Waals surface area contributed by atoms with Crippen molar-refractivity contribution in [2.45, 2.75) is 32.2 Å². The van der Waals surface area contributed by atoms with Crippen molar-refractivity contribution in [2.75, 3.05) is 39.3 Å². The number of rotatable bonds is 4. The van der Waals surface area contributed by atoms with Crippen molar-refractivity contribution in [3.8, 4) is 10.6 Å². The van der Waals surface area contributed by atoms with Crippen molar-refractivity contribution in [3.63, 3.8) is 0 Å². The first-order chi connectivity index (χ1) is 14.5. The number of halogens is 1. The molecule has 4 rings (SSSR count). The molecule has 0 radical (unpaired) electrons. The molecule has 2 amide bonds. The molecule has 30 heavy (non-hydrogen) atoms. The van der Waals surface area contributed by atoms with E-state index in [1.807, 2.05) is 4.90 Å². The maximum absolute atomic E-state index is 14.0. The Kier molecular flexibility index (Phi) is 6.43. The van der Waals surface area contributed by atoms with E-state index < -0.39 is 0 Å². The van der Waals surface area contributed by atoms with Crippen LogP contribution in [0.1, 0.15) is 35.9 Å². The Balaban J connectivity index is 1.31. The molecule has 0 spiro atoms. The fourth-order valence-electron chi connectivity index (χ4n) is 4.15. The van der Waals surface area contributed by atoms with Crippen LogP contribution >= 0.6 is 11.3 Å². The first-order valence-corrected chi connectivity index (χ1v) is 11.4. The topological polar surface area (TPSA) is 56.8 Å². The van der Waals surface area contributed by atoms with Gasteiger partial charge in [-0.2, -0.15) is 0 Å². The number of carbonyl (C=O) groups is 2. The Labute approximate surface area is 180 Å². The summed E-state index contributed by atoms with van der Waals surface area (Å²) in [5.74, 6) is -0.225. The van der Waals surface area contributed by atoms with Crippen LogP contribution in [0.25, 0.3) is 10.6 Å². The predicted octanol–water partition coefficient (Wildman–Crippen LogP) is 3.11. The minimum atomic E-state index is -0.341. The molecular weight excluding hydrogens is 403 g/mol. The largest absolute Gasteiger partial charge is 0.339 e. The number of piperidine rings is 1. The molecule has 0 aliphatic carbocycles.